The minimum atomic E-state index is -0.749. The van der Waals surface area contributed by atoms with Gasteiger partial charge >= 0.3 is 0 Å². The van der Waals surface area contributed by atoms with E-state index in [1.807, 2.05) is 12.2 Å². The van der Waals surface area contributed by atoms with Gasteiger partial charge in [-0.25, -0.2) is 0 Å². The quantitative estimate of drug-likeness (QED) is 0.0350. The van der Waals surface area contributed by atoms with E-state index in [1.165, 1.54) is 116 Å². The Hall–Kier alpha value is -3.17. The van der Waals surface area contributed by atoms with Gasteiger partial charge in [-0.2, -0.15) is 0 Å². The molecule has 0 radical (unpaired) electrons. The van der Waals surface area contributed by atoms with Crippen LogP contribution >= 0.6 is 0 Å². The maximum atomic E-state index is 11.8. The van der Waals surface area contributed by atoms with Crippen molar-refractivity contribution in [3.8, 4) is 48.4 Å². The van der Waals surface area contributed by atoms with Crippen LogP contribution in [0.15, 0.2) is 48.6 Å². The van der Waals surface area contributed by atoms with Crippen molar-refractivity contribution in [1.29, 1.82) is 0 Å². The fourth-order valence-corrected chi connectivity index (χ4v) is 5.33. The van der Waals surface area contributed by atoms with E-state index in [2.05, 4.69) is 59.8 Å². The number of allylic oxidation sites excluding steroid dienone is 7. The number of rotatable bonds is 31. The van der Waals surface area contributed by atoms with Gasteiger partial charge in [-0.1, -0.05) is 144 Å². The topological polar surface area (TPSA) is 37.3 Å². The van der Waals surface area contributed by atoms with Crippen LogP contribution in [0.25, 0.3) is 0 Å². The number of carbonyl (C=O) groups excluding carboxylic acids is 1. The average Bonchev–Trinajstić information content (AvgIpc) is 3.09. The van der Waals surface area contributed by atoms with Gasteiger partial charge in [0, 0.05) is 12.8 Å². The van der Waals surface area contributed by atoms with E-state index < -0.39 is 6.10 Å². The third-order valence-corrected chi connectivity index (χ3v) is 8.27. The summed E-state index contributed by atoms with van der Waals surface area (Å²) in [5.41, 5.74) is 0. The molecule has 1 atom stereocenters. The molecule has 0 aromatic heterocycles. The van der Waals surface area contributed by atoms with E-state index in [0.717, 1.165) is 64.2 Å². The number of carbonyl (C=O) groups is 1. The molecule has 48 heavy (non-hydrogen) atoms. The van der Waals surface area contributed by atoms with Crippen LogP contribution in [0.3, 0.4) is 0 Å². The summed E-state index contributed by atoms with van der Waals surface area (Å²) in [6.45, 7) is 0. The molecule has 2 nitrogen and oxygen atoms in total. The lowest BCUT2D eigenvalue weighted by molar-refractivity contribution is -0.108. The van der Waals surface area contributed by atoms with Crippen molar-refractivity contribution in [3.63, 3.8) is 0 Å². The summed E-state index contributed by atoms with van der Waals surface area (Å²) in [4.78, 5) is 11.8. The van der Waals surface area contributed by atoms with Gasteiger partial charge < -0.3 is 5.11 Å². The summed E-state index contributed by atoms with van der Waals surface area (Å²) in [6.07, 6.45) is 60.2. The number of hydrogen-bond acceptors (Lipinski definition) is 2. The average molecular weight is 653 g/mol. The highest BCUT2D eigenvalue weighted by atomic mass is 16.3. The zero-order valence-electron chi connectivity index (χ0n) is 30.5. The lowest BCUT2D eigenvalue weighted by Gasteiger charge is -2.03. The first kappa shape index (κ1) is 44.8. The second-order valence-electron chi connectivity index (χ2n) is 12.8. The van der Waals surface area contributed by atoms with Gasteiger partial charge in [0.2, 0.25) is 0 Å². The molecule has 0 rings (SSSR count). The lowest BCUT2D eigenvalue weighted by atomic mass is 10.0. The minimum absolute atomic E-state index is 0.296. The number of aliphatic hydroxyl groups is 1. The van der Waals surface area contributed by atoms with Crippen molar-refractivity contribution < 1.29 is 9.90 Å². The van der Waals surface area contributed by atoms with Gasteiger partial charge in [-0.3, -0.25) is 4.79 Å². The van der Waals surface area contributed by atoms with Crippen molar-refractivity contribution >= 4 is 5.78 Å². The van der Waals surface area contributed by atoms with Crippen LogP contribution in [0.5, 0.6) is 0 Å². The van der Waals surface area contributed by atoms with Crippen molar-refractivity contribution in [2.24, 2.45) is 0 Å². The Morgan fingerprint density at radius 1 is 0.500 bits per heavy atom. The summed E-state index contributed by atoms with van der Waals surface area (Å²) in [7, 11) is 0. The second-order valence-corrected chi connectivity index (χ2v) is 12.8. The van der Waals surface area contributed by atoms with Crippen LogP contribution in [-0.2, 0) is 4.79 Å². The SMILES string of the molecule is C#CCCCCCCCCCCCCCCCC/C=C\CC/C=C\C#CC(=O)C#CCCCC/C=C\CCCCCC/C=C/[C@H](O)C#C. The maximum Gasteiger partial charge on any atom is 0.279 e. The van der Waals surface area contributed by atoms with E-state index in [1.54, 1.807) is 12.2 Å². The molecule has 0 saturated heterocycles. The number of ketones is 1. The molecule has 264 valence electrons. The summed E-state index contributed by atoms with van der Waals surface area (Å²) in [6, 6.07) is 0. The minimum Gasteiger partial charge on any atom is -0.377 e. The first-order chi connectivity index (χ1) is 23.7. The monoisotopic (exact) mass is 653 g/mol. The van der Waals surface area contributed by atoms with Gasteiger partial charge in [0.1, 0.15) is 6.10 Å². The Labute approximate surface area is 297 Å². The first-order valence-electron chi connectivity index (χ1n) is 19.4. The number of terminal acetylenes is 2. The highest BCUT2D eigenvalue weighted by Crippen LogP contribution is 2.14. The number of hydrogen-bond donors (Lipinski definition) is 1. The molecule has 2 heteroatoms. The van der Waals surface area contributed by atoms with Crippen LogP contribution in [-0.4, -0.2) is 17.0 Å². The Bertz CT molecular complexity index is 1070. The third kappa shape index (κ3) is 39.0. The molecule has 0 saturated carbocycles. The van der Waals surface area contributed by atoms with Gasteiger partial charge in [0.25, 0.3) is 5.78 Å². The van der Waals surface area contributed by atoms with E-state index in [9.17, 15) is 9.90 Å². The van der Waals surface area contributed by atoms with Gasteiger partial charge in [0.05, 0.1) is 0 Å². The molecule has 1 N–H and O–H groups in total. The molecule has 0 aliphatic rings. The largest absolute Gasteiger partial charge is 0.377 e. The lowest BCUT2D eigenvalue weighted by Crippen LogP contribution is -1.95. The van der Waals surface area contributed by atoms with E-state index >= 15 is 0 Å². The van der Waals surface area contributed by atoms with Crippen LogP contribution in [0.4, 0.5) is 0 Å². The summed E-state index contributed by atoms with van der Waals surface area (Å²) < 4.78 is 0. The normalized spacial score (nSPS) is 11.8. The highest BCUT2D eigenvalue weighted by Gasteiger charge is 1.95. The van der Waals surface area contributed by atoms with Crippen molar-refractivity contribution in [2.45, 2.75) is 186 Å². The Kier molecular flexibility index (Phi) is 37.4. The molecule has 0 heterocycles. The second kappa shape index (κ2) is 40.0. The molecule has 0 spiro atoms. The molecule has 0 aliphatic heterocycles. The zero-order chi connectivity index (χ0) is 34.9. The fourth-order valence-electron chi connectivity index (χ4n) is 5.33. The first-order valence-corrected chi connectivity index (χ1v) is 19.4. The van der Waals surface area contributed by atoms with Crippen molar-refractivity contribution in [1.82, 2.24) is 0 Å². The predicted molar refractivity (Wildman–Crippen MR) is 210 cm³/mol. The zero-order valence-corrected chi connectivity index (χ0v) is 30.5. The van der Waals surface area contributed by atoms with Crippen LogP contribution < -0.4 is 0 Å². The van der Waals surface area contributed by atoms with Crippen molar-refractivity contribution in [2.75, 3.05) is 0 Å². The number of Topliss-reactive ketones (excluding diaryl/α,β-unsaturated/α-hetero) is 1. The van der Waals surface area contributed by atoms with E-state index in [0.29, 0.717) is 0 Å². The van der Waals surface area contributed by atoms with Gasteiger partial charge in [-0.15, -0.1) is 18.8 Å². The molecule has 0 fully saturated rings. The number of unbranched alkanes of at least 4 members (excludes halogenated alkanes) is 24. The maximum absolute atomic E-state index is 11.8. The van der Waals surface area contributed by atoms with E-state index in [-0.39, 0.29) is 5.78 Å². The van der Waals surface area contributed by atoms with Crippen molar-refractivity contribution in [3.05, 3.63) is 48.6 Å². The standard InChI is InChI=1S/C46H68O2/c1-3-5-6-7-8-9-10-11-12-13-14-15-16-17-18-19-20-21-25-28-31-34-37-40-43-46(48)44-41-38-35-32-29-26-23-22-24-27-30-33-36-39-42-45(47)4-2/h1-2,21,23,25-26,34,37,39,42,45,47H,5-20,22,24,27-33,35-36,38H2/b25-21-,26-23-,37-34-,42-39+/t45-/m1/s1. The van der Waals surface area contributed by atoms with Gasteiger partial charge in [0.15, 0.2) is 0 Å². The predicted octanol–water partition coefficient (Wildman–Crippen LogP) is 12.3. The molecular formula is C46H68O2. The molecular weight excluding hydrogens is 585 g/mol. The Balaban J connectivity index is 3.50. The van der Waals surface area contributed by atoms with Crippen LogP contribution in [0.1, 0.15) is 180 Å². The Morgan fingerprint density at radius 3 is 1.44 bits per heavy atom. The molecule has 0 amide bonds. The third-order valence-electron chi connectivity index (χ3n) is 8.27. The molecule has 0 unspecified atom stereocenters. The van der Waals surface area contributed by atoms with E-state index in [4.69, 9.17) is 12.8 Å². The van der Waals surface area contributed by atoms with Crippen LogP contribution in [0, 0.1) is 48.4 Å². The summed E-state index contributed by atoms with van der Waals surface area (Å²) in [5.74, 6) is 15.7. The molecule has 0 aliphatic carbocycles. The summed E-state index contributed by atoms with van der Waals surface area (Å²) >= 11 is 0. The molecule has 0 aromatic carbocycles. The molecule has 0 aromatic rings. The number of aliphatic hydroxyl groups excluding tert-OH is 1. The highest BCUT2D eigenvalue weighted by molar-refractivity contribution is 6.08. The molecule has 0 bridgehead atoms. The fraction of sp³-hybridized carbons (Fsp3) is 0.630. The smallest absolute Gasteiger partial charge is 0.279 e. The summed E-state index contributed by atoms with van der Waals surface area (Å²) in [5, 5.41) is 9.25. The van der Waals surface area contributed by atoms with Gasteiger partial charge in [-0.05, 0) is 101 Å². The van der Waals surface area contributed by atoms with Crippen LogP contribution in [0.2, 0.25) is 0 Å². The Morgan fingerprint density at radius 2 is 0.917 bits per heavy atom.